The Hall–Kier alpha value is -2.24. The van der Waals surface area contributed by atoms with Crippen LogP contribution >= 0.6 is 0 Å². The molecule has 1 atom stereocenters. The van der Waals surface area contributed by atoms with E-state index in [0.717, 1.165) is 0 Å². The van der Waals surface area contributed by atoms with Crippen molar-refractivity contribution in [1.29, 1.82) is 0 Å². The molecule has 0 aliphatic carbocycles. The number of hydrogen-bond acceptors (Lipinski definition) is 5. The third kappa shape index (κ3) is 3.37. The van der Waals surface area contributed by atoms with Gasteiger partial charge in [0.2, 0.25) is 0 Å². The molecule has 1 rings (SSSR count). The highest BCUT2D eigenvalue weighted by Gasteiger charge is 2.27. The number of hydrogen-bond donors (Lipinski definition) is 3. The largest absolute Gasteiger partial charge is 0.507 e. The molecule has 6 heteroatoms. The maximum Gasteiger partial charge on any atom is 0.328 e. The minimum absolute atomic E-state index is 0.190. The number of ether oxygens (including phenoxy) is 1. The van der Waals surface area contributed by atoms with Gasteiger partial charge in [-0.05, 0) is 18.1 Å². The lowest BCUT2D eigenvalue weighted by molar-refractivity contribution is -0.144. The van der Waals surface area contributed by atoms with Crippen LogP contribution in [0, 0.1) is 5.92 Å². The number of methoxy groups -OCH3 is 1. The molecular weight excluding hydrogens is 250 g/mol. The van der Waals surface area contributed by atoms with E-state index in [0.29, 0.717) is 0 Å². The monoisotopic (exact) mass is 267 g/mol. The molecule has 0 fully saturated rings. The summed E-state index contributed by atoms with van der Waals surface area (Å²) in [5.41, 5.74) is -0.267. The van der Waals surface area contributed by atoms with Crippen molar-refractivity contribution in [1.82, 2.24) is 5.32 Å². The Morgan fingerprint density at radius 2 is 1.74 bits per heavy atom. The van der Waals surface area contributed by atoms with E-state index in [9.17, 15) is 19.8 Å². The number of phenolic OH excluding ortho intramolecular Hbond substituents is 2. The number of carbonyl (C=O) groups excluding carboxylic acids is 2. The van der Waals surface area contributed by atoms with Gasteiger partial charge in [0.25, 0.3) is 5.91 Å². The van der Waals surface area contributed by atoms with Gasteiger partial charge in [-0.25, -0.2) is 4.79 Å². The minimum Gasteiger partial charge on any atom is -0.507 e. The molecule has 0 aromatic heterocycles. The lowest BCUT2D eigenvalue weighted by Gasteiger charge is -2.20. The van der Waals surface area contributed by atoms with Crippen LogP contribution in [0.2, 0.25) is 0 Å². The molecule has 1 aromatic carbocycles. The van der Waals surface area contributed by atoms with Crippen molar-refractivity contribution in [2.24, 2.45) is 5.92 Å². The maximum absolute atomic E-state index is 12.0. The van der Waals surface area contributed by atoms with E-state index in [1.165, 1.54) is 25.3 Å². The van der Waals surface area contributed by atoms with Crippen molar-refractivity contribution in [2.45, 2.75) is 19.9 Å². The molecule has 1 amide bonds. The number of esters is 1. The summed E-state index contributed by atoms with van der Waals surface area (Å²) >= 11 is 0. The summed E-state index contributed by atoms with van der Waals surface area (Å²) in [6.07, 6.45) is 0. The molecule has 0 heterocycles. The highest BCUT2D eigenvalue weighted by molar-refractivity contribution is 6.01. The zero-order valence-corrected chi connectivity index (χ0v) is 11.0. The fourth-order valence-corrected chi connectivity index (χ4v) is 1.60. The van der Waals surface area contributed by atoms with Gasteiger partial charge in [-0.2, -0.15) is 0 Å². The number of aromatic hydroxyl groups is 2. The van der Waals surface area contributed by atoms with Crippen LogP contribution < -0.4 is 5.32 Å². The third-order valence-electron chi connectivity index (χ3n) is 2.66. The number of rotatable bonds is 4. The van der Waals surface area contributed by atoms with Crippen LogP contribution in [0.5, 0.6) is 11.5 Å². The van der Waals surface area contributed by atoms with Gasteiger partial charge in [-0.15, -0.1) is 0 Å². The van der Waals surface area contributed by atoms with Crippen LogP contribution in [-0.2, 0) is 9.53 Å². The molecule has 0 aliphatic rings. The van der Waals surface area contributed by atoms with Gasteiger partial charge in [-0.3, -0.25) is 4.79 Å². The highest BCUT2D eigenvalue weighted by atomic mass is 16.5. The average Bonchev–Trinajstić information content (AvgIpc) is 2.34. The first-order valence-electron chi connectivity index (χ1n) is 5.78. The van der Waals surface area contributed by atoms with E-state index in [4.69, 9.17) is 0 Å². The maximum atomic E-state index is 12.0. The first-order valence-corrected chi connectivity index (χ1v) is 5.78. The van der Waals surface area contributed by atoms with Crippen LogP contribution in [0.1, 0.15) is 24.2 Å². The molecule has 0 saturated carbocycles. The van der Waals surface area contributed by atoms with Gasteiger partial charge in [0.05, 0.1) is 7.11 Å². The van der Waals surface area contributed by atoms with Gasteiger partial charge < -0.3 is 20.3 Å². The van der Waals surface area contributed by atoms with Crippen LogP contribution in [0.3, 0.4) is 0 Å². The topological polar surface area (TPSA) is 95.9 Å². The summed E-state index contributed by atoms with van der Waals surface area (Å²) in [5, 5.41) is 21.6. The van der Waals surface area contributed by atoms with Crippen LogP contribution in [-0.4, -0.2) is 35.2 Å². The van der Waals surface area contributed by atoms with Crippen LogP contribution in [0.15, 0.2) is 18.2 Å². The molecule has 1 unspecified atom stereocenters. The summed E-state index contributed by atoms with van der Waals surface area (Å²) in [6, 6.07) is 3.10. The van der Waals surface area contributed by atoms with Crippen LogP contribution in [0.4, 0.5) is 0 Å². The summed E-state index contributed by atoms with van der Waals surface area (Å²) in [4.78, 5) is 23.5. The van der Waals surface area contributed by atoms with E-state index >= 15 is 0 Å². The Bertz CT molecular complexity index is 464. The Kier molecular flexibility index (Phi) is 4.74. The van der Waals surface area contributed by atoms with Gasteiger partial charge in [0.1, 0.15) is 23.1 Å². The average molecular weight is 267 g/mol. The van der Waals surface area contributed by atoms with E-state index in [-0.39, 0.29) is 23.0 Å². The number of phenols is 2. The highest BCUT2D eigenvalue weighted by Crippen LogP contribution is 2.26. The molecule has 0 bridgehead atoms. The second-order valence-corrected chi connectivity index (χ2v) is 4.39. The zero-order chi connectivity index (χ0) is 14.6. The first kappa shape index (κ1) is 14.8. The van der Waals surface area contributed by atoms with Gasteiger partial charge >= 0.3 is 5.97 Å². The van der Waals surface area contributed by atoms with E-state index < -0.39 is 17.9 Å². The molecule has 0 saturated heterocycles. The third-order valence-corrected chi connectivity index (χ3v) is 2.66. The quantitative estimate of drug-likeness (QED) is 0.708. The molecule has 0 aliphatic heterocycles. The molecule has 3 N–H and O–H groups in total. The normalized spacial score (nSPS) is 12.0. The molecule has 1 aromatic rings. The van der Waals surface area contributed by atoms with Gasteiger partial charge in [-0.1, -0.05) is 19.9 Å². The van der Waals surface area contributed by atoms with Crippen molar-refractivity contribution in [2.75, 3.05) is 7.11 Å². The summed E-state index contributed by atoms with van der Waals surface area (Å²) < 4.78 is 4.59. The Labute approximate surface area is 111 Å². The number of nitrogens with one attached hydrogen (secondary N) is 1. The van der Waals surface area contributed by atoms with Gasteiger partial charge in [0.15, 0.2) is 0 Å². The van der Waals surface area contributed by atoms with Gasteiger partial charge in [0, 0.05) is 0 Å². The van der Waals surface area contributed by atoms with E-state index in [1.54, 1.807) is 13.8 Å². The number of amides is 1. The lowest BCUT2D eigenvalue weighted by atomic mass is 10.0. The van der Waals surface area contributed by atoms with E-state index in [1.807, 2.05) is 0 Å². The molecule has 0 radical (unpaired) electrons. The molecular formula is C13H17NO5. The second-order valence-electron chi connectivity index (χ2n) is 4.39. The van der Waals surface area contributed by atoms with Crippen molar-refractivity contribution < 1.29 is 24.5 Å². The minimum atomic E-state index is -0.850. The number of benzene rings is 1. The molecule has 104 valence electrons. The Morgan fingerprint density at radius 1 is 1.21 bits per heavy atom. The fourth-order valence-electron chi connectivity index (χ4n) is 1.60. The second kappa shape index (κ2) is 6.08. The first-order chi connectivity index (χ1) is 8.88. The van der Waals surface area contributed by atoms with Crippen LogP contribution in [0.25, 0.3) is 0 Å². The van der Waals surface area contributed by atoms with Crippen molar-refractivity contribution in [3.8, 4) is 11.5 Å². The summed E-state index contributed by atoms with van der Waals surface area (Å²) in [5.74, 6) is -2.22. The number of carbonyl (C=O) groups is 2. The Morgan fingerprint density at radius 3 is 2.16 bits per heavy atom. The lowest BCUT2D eigenvalue weighted by Crippen LogP contribution is -2.45. The smallest absolute Gasteiger partial charge is 0.328 e. The molecule has 6 nitrogen and oxygen atoms in total. The zero-order valence-electron chi connectivity index (χ0n) is 11.0. The predicted molar refractivity (Wildman–Crippen MR) is 67.9 cm³/mol. The molecule has 0 spiro atoms. The van der Waals surface area contributed by atoms with Crippen molar-refractivity contribution in [3.63, 3.8) is 0 Å². The van der Waals surface area contributed by atoms with E-state index in [2.05, 4.69) is 10.1 Å². The molecule has 19 heavy (non-hydrogen) atoms. The summed E-state index contributed by atoms with van der Waals surface area (Å²) in [6.45, 7) is 3.49. The SMILES string of the molecule is COC(=O)C(NC(=O)c1c(O)cccc1O)C(C)C. The Balaban J connectivity index is 2.98. The predicted octanol–water partition coefficient (Wildman–Crippen LogP) is 1.03. The fraction of sp³-hybridized carbons (Fsp3) is 0.385. The standard InChI is InChI=1S/C13H17NO5/c1-7(2)11(13(18)19-3)14-12(17)10-8(15)5-4-6-9(10)16/h4-7,11,15-16H,1-3H3,(H,14,17). The summed E-state index contributed by atoms with van der Waals surface area (Å²) in [7, 11) is 1.22. The van der Waals surface area contributed by atoms with Crippen molar-refractivity contribution >= 4 is 11.9 Å². The van der Waals surface area contributed by atoms with Crippen molar-refractivity contribution in [3.05, 3.63) is 23.8 Å².